The Morgan fingerprint density at radius 1 is 1.11 bits per heavy atom. The first-order valence-electron chi connectivity index (χ1n) is 8.77. The second-order valence-electron chi connectivity index (χ2n) is 6.25. The van der Waals surface area contributed by atoms with E-state index in [1.807, 2.05) is 60.7 Å². The van der Waals surface area contributed by atoms with Crippen LogP contribution < -0.4 is 16.7 Å². The minimum Gasteiger partial charge on any atom is -0.348 e. The summed E-state index contributed by atoms with van der Waals surface area (Å²) in [5, 5.41) is 10.9. The Kier molecular flexibility index (Phi) is 6.44. The molecule has 0 bridgehead atoms. The molecule has 2 aromatic carbocycles. The molecule has 0 saturated heterocycles. The van der Waals surface area contributed by atoms with Gasteiger partial charge in [-0.25, -0.2) is 0 Å². The third kappa shape index (κ3) is 4.98. The van der Waals surface area contributed by atoms with Gasteiger partial charge in [-0.3, -0.25) is 9.59 Å². The van der Waals surface area contributed by atoms with Gasteiger partial charge in [-0.15, -0.1) is 10.2 Å². The SMILES string of the molecule is Cc1nnc(SCC(=O)N[C@@H](Cc2ccccc2)c2ccccc2)n(N)c1=O. The zero-order chi connectivity index (χ0) is 19.9. The summed E-state index contributed by atoms with van der Waals surface area (Å²) in [6, 6.07) is 19.6. The van der Waals surface area contributed by atoms with Crippen molar-refractivity contribution in [3.8, 4) is 0 Å². The average Bonchev–Trinajstić information content (AvgIpc) is 2.72. The summed E-state index contributed by atoms with van der Waals surface area (Å²) in [4.78, 5) is 24.4. The lowest BCUT2D eigenvalue weighted by atomic mass is 9.99. The lowest BCUT2D eigenvalue weighted by Gasteiger charge is -2.19. The second kappa shape index (κ2) is 9.18. The molecule has 0 saturated carbocycles. The summed E-state index contributed by atoms with van der Waals surface area (Å²) >= 11 is 1.07. The molecule has 144 valence electrons. The standard InChI is InChI=1S/C20H21N5O2S/c1-14-19(27)25(21)20(24-23-14)28-13-18(26)22-17(16-10-6-3-7-11-16)12-15-8-4-2-5-9-15/h2-11,17H,12-13,21H2,1H3,(H,22,26)/t17-/m0/s1. The lowest BCUT2D eigenvalue weighted by molar-refractivity contribution is -0.119. The molecule has 1 aromatic heterocycles. The highest BCUT2D eigenvalue weighted by atomic mass is 32.2. The van der Waals surface area contributed by atoms with E-state index < -0.39 is 5.56 Å². The average molecular weight is 395 g/mol. The van der Waals surface area contributed by atoms with E-state index in [0.717, 1.165) is 27.6 Å². The first kappa shape index (κ1) is 19.6. The number of thioether (sulfide) groups is 1. The molecule has 3 aromatic rings. The molecule has 8 heteroatoms. The maximum absolute atomic E-state index is 12.5. The number of nitrogens with zero attached hydrogens (tertiary/aromatic N) is 3. The second-order valence-corrected chi connectivity index (χ2v) is 7.19. The van der Waals surface area contributed by atoms with Crippen LogP contribution in [0.5, 0.6) is 0 Å². The van der Waals surface area contributed by atoms with Gasteiger partial charge in [0.15, 0.2) is 0 Å². The van der Waals surface area contributed by atoms with E-state index in [9.17, 15) is 9.59 Å². The molecule has 0 fully saturated rings. The van der Waals surface area contributed by atoms with Crippen molar-refractivity contribution in [3.63, 3.8) is 0 Å². The third-order valence-corrected chi connectivity index (χ3v) is 5.12. The van der Waals surface area contributed by atoms with Gasteiger partial charge in [0.2, 0.25) is 11.1 Å². The Balaban J connectivity index is 1.69. The minimum absolute atomic E-state index is 0.0759. The number of nitrogens with one attached hydrogen (secondary N) is 1. The fourth-order valence-corrected chi connectivity index (χ4v) is 3.39. The van der Waals surface area contributed by atoms with Crippen LogP contribution in [-0.4, -0.2) is 26.5 Å². The van der Waals surface area contributed by atoms with Crippen LogP contribution in [0.15, 0.2) is 70.6 Å². The smallest absolute Gasteiger partial charge is 0.294 e. The molecule has 0 unspecified atom stereocenters. The van der Waals surface area contributed by atoms with E-state index in [1.54, 1.807) is 0 Å². The topological polar surface area (TPSA) is 103 Å². The summed E-state index contributed by atoms with van der Waals surface area (Å²) in [6.07, 6.45) is 0.674. The Morgan fingerprint density at radius 2 is 1.75 bits per heavy atom. The van der Waals surface area contributed by atoms with Crippen LogP contribution >= 0.6 is 11.8 Å². The van der Waals surface area contributed by atoms with Gasteiger partial charge in [-0.05, 0) is 24.5 Å². The van der Waals surface area contributed by atoms with Gasteiger partial charge in [0, 0.05) is 0 Å². The van der Waals surface area contributed by atoms with Crippen molar-refractivity contribution in [2.45, 2.75) is 24.5 Å². The van der Waals surface area contributed by atoms with Crippen molar-refractivity contribution < 1.29 is 4.79 Å². The highest BCUT2D eigenvalue weighted by molar-refractivity contribution is 7.99. The van der Waals surface area contributed by atoms with E-state index in [-0.39, 0.29) is 28.6 Å². The monoisotopic (exact) mass is 395 g/mol. The Labute approximate surface area is 167 Å². The summed E-state index contributed by atoms with van der Waals surface area (Å²) in [7, 11) is 0. The normalized spacial score (nSPS) is 11.8. The predicted molar refractivity (Wildman–Crippen MR) is 109 cm³/mol. The van der Waals surface area contributed by atoms with Crippen molar-refractivity contribution in [3.05, 3.63) is 87.8 Å². The quantitative estimate of drug-likeness (QED) is 0.468. The number of carbonyl (C=O) groups is 1. The number of benzene rings is 2. The largest absolute Gasteiger partial charge is 0.348 e. The summed E-state index contributed by atoms with van der Waals surface area (Å²) in [6.45, 7) is 1.54. The molecule has 0 radical (unpaired) electrons. The predicted octanol–water partition coefficient (Wildman–Crippen LogP) is 1.85. The van der Waals surface area contributed by atoms with E-state index in [1.165, 1.54) is 6.92 Å². The van der Waals surface area contributed by atoms with Gasteiger partial charge in [0.05, 0.1) is 11.8 Å². The van der Waals surface area contributed by atoms with E-state index in [0.29, 0.717) is 6.42 Å². The van der Waals surface area contributed by atoms with Gasteiger partial charge >= 0.3 is 0 Å². The number of amides is 1. The summed E-state index contributed by atoms with van der Waals surface area (Å²) < 4.78 is 0.916. The fraction of sp³-hybridized carbons (Fsp3) is 0.200. The molecule has 7 nitrogen and oxygen atoms in total. The van der Waals surface area contributed by atoms with Crippen molar-refractivity contribution in [1.82, 2.24) is 20.2 Å². The number of hydrogen-bond donors (Lipinski definition) is 2. The summed E-state index contributed by atoms with van der Waals surface area (Å²) in [5.41, 5.74) is 1.94. The molecule has 0 aliphatic rings. The maximum Gasteiger partial charge on any atom is 0.294 e. The minimum atomic E-state index is -0.427. The molecule has 0 aliphatic heterocycles. The lowest BCUT2D eigenvalue weighted by Crippen LogP contribution is -2.34. The first-order chi connectivity index (χ1) is 13.5. The van der Waals surface area contributed by atoms with Crippen molar-refractivity contribution in [2.75, 3.05) is 11.6 Å². The van der Waals surface area contributed by atoms with Gasteiger partial charge in [0.1, 0.15) is 5.69 Å². The third-order valence-electron chi connectivity index (χ3n) is 4.17. The molecular formula is C20H21N5O2S. The van der Waals surface area contributed by atoms with E-state index >= 15 is 0 Å². The van der Waals surface area contributed by atoms with Crippen LogP contribution in [0.25, 0.3) is 0 Å². The van der Waals surface area contributed by atoms with Crippen LogP contribution in [0.1, 0.15) is 22.9 Å². The van der Waals surface area contributed by atoms with Gasteiger partial charge < -0.3 is 11.2 Å². The van der Waals surface area contributed by atoms with E-state index in [4.69, 9.17) is 5.84 Å². The molecule has 3 rings (SSSR count). The number of aromatic nitrogens is 3. The van der Waals surface area contributed by atoms with Crippen molar-refractivity contribution in [2.24, 2.45) is 0 Å². The van der Waals surface area contributed by atoms with Crippen LogP contribution in [0, 0.1) is 6.92 Å². The Bertz CT molecular complexity index is 992. The molecular weight excluding hydrogens is 374 g/mol. The zero-order valence-electron chi connectivity index (χ0n) is 15.4. The van der Waals surface area contributed by atoms with Crippen molar-refractivity contribution in [1.29, 1.82) is 0 Å². The molecule has 1 heterocycles. The molecule has 3 N–H and O–H groups in total. The first-order valence-corrected chi connectivity index (χ1v) is 9.75. The number of carbonyl (C=O) groups excluding carboxylic acids is 1. The number of aryl methyl sites for hydroxylation is 1. The zero-order valence-corrected chi connectivity index (χ0v) is 16.2. The van der Waals surface area contributed by atoms with Crippen LogP contribution in [-0.2, 0) is 11.2 Å². The molecule has 1 amide bonds. The number of nitrogens with two attached hydrogens (primary N) is 1. The van der Waals surface area contributed by atoms with Gasteiger partial charge in [-0.1, -0.05) is 72.4 Å². The number of nitrogen functional groups attached to an aromatic ring is 1. The highest BCUT2D eigenvalue weighted by Crippen LogP contribution is 2.19. The van der Waals surface area contributed by atoms with Crippen LogP contribution in [0.3, 0.4) is 0 Å². The fourth-order valence-electron chi connectivity index (χ4n) is 2.72. The van der Waals surface area contributed by atoms with Crippen molar-refractivity contribution >= 4 is 17.7 Å². The van der Waals surface area contributed by atoms with Crippen LogP contribution in [0.4, 0.5) is 0 Å². The Morgan fingerprint density at radius 3 is 2.43 bits per heavy atom. The van der Waals surface area contributed by atoms with Crippen LogP contribution in [0.2, 0.25) is 0 Å². The Hall–Kier alpha value is -3.13. The van der Waals surface area contributed by atoms with E-state index in [2.05, 4.69) is 15.5 Å². The molecule has 0 aliphatic carbocycles. The maximum atomic E-state index is 12.5. The number of hydrogen-bond acceptors (Lipinski definition) is 6. The molecule has 1 atom stereocenters. The number of rotatable bonds is 7. The molecule has 0 spiro atoms. The van der Waals surface area contributed by atoms with Gasteiger partial charge in [0.25, 0.3) is 5.56 Å². The summed E-state index contributed by atoms with van der Waals surface area (Å²) in [5.74, 6) is 5.61. The molecule has 28 heavy (non-hydrogen) atoms. The highest BCUT2D eigenvalue weighted by Gasteiger charge is 2.16. The van der Waals surface area contributed by atoms with Gasteiger partial charge in [-0.2, -0.15) is 4.68 Å².